The Kier molecular flexibility index (Phi) is 5.71. The standard InChI is InChI=1S/C15H21N3O3/c16-15(20)17-14(19)11-18(10-13-7-4-8-21-13)9-12-5-2-1-3-6-12/h1-3,5-6,13H,4,7-11H2,(H3,16,17,19,20)/t13-/m1/s1. The smallest absolute Gasteiger partial charge is 0.318 e. The number of nitrogens with one attached hydrogen (secondary N) is 1. The Morgan fingerprint density at radius 1 is 1.33 bits per heavy atom. The molecule has 0 aliphatic carbocycles. The van der Waals surface area contributed by atoms with E-state index in [-0.39, 0.29) is 12.6 Å². The number of urea groups is 1. The third-order valence-electron chi connectivity index (χ3n) is 3.36. The highest BCUT2D eigenvalue weighted by atomic mass is 16.5. The second-order valence-electron chi connectivity index (χ2n) is 5.20. The monoisotopic (exact) mass is 291 g/mol. The van der Waals surface area contributed by atoms with Gasteiger partial charge in [-0.05, 0) is 18.4 Å². The summed E-state index contributed by atoms with van der Waals surface area (Å²) < 4.78 is 5.62. The van der Waals surface area contributed by atoms with Crippen LogP contribution < -0.4 is 11.1 Å². The number of primary amides is 1. The van der Waals surface area contributed by atoms with E-state index in [1.165, 1.54) is 0 Å². The SMILES string of the molecule is NC(=O)NC(=O)CN(Cc1ccccc1)C[C@H]1CCCO1. The first-order valence-corrected chi connectivity index (χ1v) is 7.10. The van der Waals surface area contributed by atoms with Crippen LogP contribution in [0.4, 0.5) is 4.79 Å². The van der Waals surface area contributed by atoms with E-state index in [2.05, 4.69) is 5.32 Å². The predicted octanol–water partition coefficient (Wildman–Crippen LogP) is 0.862. The van der Waals surface area contributed by atoms with Gasteiger partial charge in [-0.25, -0.2) is 4.79 Å². The topological polar surface area (TPSA) is 84.7 Å². The van der Waals surface area contributed by atoms with Crippen molar-refractivity contribution in [1.29, 1.82) is 0 Å². The number of ether oxygens (including phenoxy) is 1. The van der Waals surface area contributed by atoms with Crippen LogP contribution in [0.15, 0.2) is 30.3 Å². The van der Waals surface area contributed by atoms with Crippen molar-refractivity contribution in [3.63, 3.8) is 0 Å². The van der Waals surface area contributed by atoms with Crippen LogP contribution in [0.5, 0.6) is 0 Å². The van der Waals surface area contributed by atoms with Crippen molar-refractivity contribution in [1.82, 2.24) is 10.2 Å². The molecule has 1 aliphatic rings. The summed E-state index contributed by atoms with van der Waals surface area (Å²) in [5.41, 5.74) is 6.08. The lowest BCUT2D eigenvalue weighted by Gasteiger charge is -2.24. The van der Waals surface area contributed by atoms with E-state index in [1.54, 1.807) is 0 Å². The third-order valence-corrected chi connectivity index (χ3v) is 3.36. The fourth-order valence-corrected chi connectivity index (χ4v) is 2.48. The largest absolute Gasteiger partial charge is 0.377 e. The van der Waals surface area contributed by atoms with Crippen molar-refractivity contribution in [2.45, 2.75) is 25.5 Å². The molecule has 0 saturated carbocycles. The molecule has 0 bridgehead atoms. The Labute approximate surface area is 124 Å². The van der Waals surface area contributed by atoms with Crippen LogP contribution in [-0.4, -0.2) is 42.6 Å². The van der Waals surface area contributed by atoms with Crippen molar-refractivity contribution >= 4 is 11.9 Å². The van der Waals surface area contributed by atoms with Crippen LogP contribution in [0, 0.1) is 0 Å². The normalized spacial score (nSPS) is 17.9. The number of hydrogen-bond donors (Lipinski definition) is 2. The molecule has 6 nitrogen and oxygen atoms in total. The molecule has 1 atom stereocenters. The summed E-state index contributed by atoms with van der Waals surface area (Å²) in [6, 6.07) is 9.07. The molecule has 6 heteroatoms. The summed E-state index contributed by atoms with van der Waals surface area (Å²) in [6.07, 6.45) is 2.20. The minimum atomic E-state index is -0.822. The molecule has 0 radical (unpaired) electrons. The summed E-state index contributed by atoms with van der Waals surface area (Å²) in [7, 11) is 0. The highest BCUT2D eigenvalue weighted by molar-refractivity contribution is 5.94. The van der Waals surface area contributed by atoms with E-state index in [0.29, 0.717) is 13.1 Å². The van der Waals surface area contributed by atoms with Gasteiger partial charge in [-0.15, -0.1) is 0 Å². The molecular weight excluding hydrogens is 270 g/mol. The quantitative estimate of drug-likeness (QED) is 0.814. The molecule has 3 amide bonds. The van der Waals surface area contributed by atoms with Crippen LogP contribution in [0.3, 0.4) is 0 Å². The molecule has 1 saturated heterocycles. The molecule has 0 unspecified atom stereocenters. The summed E-state index contributed by atoms with van der Waals surface area (Å²) >= 11 is 0. The van der Waals surface area contributed by atoms with Crippen molar-refractivity contribution in [2.75, 3.05) is 19.7 Å². The summed E-state index contributed by atoms with van der Waals surface area (Å²) in [5.74, 6) is -0.392. The van der Waals surface area contributed by atoms with Gasteiger partial charge in [0.1, 0.15) is 0 Å². The number of hydrogen-bond acceptors (Lipinski definition) is 4. The lowest BCUT2D eigenvalue weighted by molar-refractivity contribution is -0.121. The van der Waals surface area contributed by atoms with Crippen molar-refractivity contribution in [3.05, 3.63) is 35.9 Å². The Balaban J connectivity index is 1.95. The average molecular weight is 291 g/mol. The minimum Gasteiger partial charge on any atom is -0.377 e. The third kappa shape index (κ3) is 5.53. The maximum atomic E-state index is 11.7. The number of imide groups is 1. The molecular formula is C15H21N3O3. The van der Waals surface area contributed by atoms with Gasteiger partial charge in [0.15, 0.2) is 0 Å². The number of carbonyl (C=O) groups excluding carboxylic acids is 2. The molecule has 1 fully saturated rings. The Hall–Kier alpha value is -1.92. The van der Waals surface area contributed by atoms with Gasteiger partial charge in [0, 0.05) is 19.7 Å². The van der Waals surface area contributed by atoms with Crippen LogP contribution in [0.25, 0.3) is 0 Å². The Morgan fingerprint density at radius 2 is 2.10 bits per heavy atom. The van der Waals surface area contributed by atoms with Gasteiger partial charge >= 0.3 is 6.03 Å². The number of carbonyl (C=O) groups is 2. The fourth-order valence-electron chi connectivity index (χ4n) is 2.48. The minimum absolute atomic E-state index is 0.123. The molecule has 0 spiro atoms. The summed E-state index contributed by atoms with van der Waals surface area (Å²) in [5, 5.41) is 2.10. The molecule has 3 N–H and O–H groups in total. The second kappa shape index (κ2) is 7.75. The average Bonchev–Trinajstić information content (AvgIpc) is 2.91. The molecule has 1 aromatic carbocycles. The van der Waals surface area contributed by atoms with Crippen LogP contribution in [0.2, 0.25) is 0 Å². The van der Waals surface area contributed by atoms with Crippen LogP contribution >= 0.6 is 0 Å². The fraction of sp³-hybridized carbons (Fsp3) is 0.467. The number of benzene rings is 1. The lowest BCUT2D eigenvalue weighted by atomic mass is 10.2. The molecule has 1 aliphatic heterocycles. The van der Waals surface area contributed by atoms with Crippen molar-refractivity contribution < 1.29 is 14.3 Å². The zero-order chi connectivity index (χ0) is 15.1. The molecule has 1 heterocycles. The zero-order valence-electron chi connectivity index (χ0n) is 12.0. The number of nitrogens with two attached hydrogens (primary N) is 1. The van der Waals surface area contributed by atoms with Crippen molar-refractivity contribution in [3.8, 4) is 0 Å². The predicted molar refractivity (Wildman–Crippen MR) is 78.4 cm³/mol. The van der Waals surface area contributed by atoms with Gasteiger partial charge in [0.25, 0.3) is 0 Å². The second-order valence-corrected chi connectivity index (χ2v) is 5.20. The highest BCUT2D eigenvalue weighted by Crippen LogP contribution is 2.15. The van der Waals surface area contributed by atoms with Gasteiger partial charge < -0.3 is 10.5 Å². The van der Waals surface area contributed by atoms with E-state index in [4.69, 9.17) is 10.5 Å². The van der Waals surface area contributed by atoms with Crippen LogP contribution in [-0.2, 0) is 16.1 Å². The highest BCUT2D eigenvalue weighted by Gasteiger charge is 2.21. The van der Waals surface area contributed by atoms with Gasteiger partial charge in [0.05, 0.1) is 12.6 Å². The first-order valence-electron chi connectivity index (χ1n) is 7.10. The number of amides is 3. The molecule has 0 aromatic heterocycles. The van der Waals surface area contributed by atoms with Crippen molar-refractivity contribution in [2.24, 2.45) is 5.73 Å². The summed E-state index contributed by atoms with van der Waals surface area (Å²) in [4.78, 5) is 24.5. The maximum absolute atomic E-state index is 11.7. The van der Waals surface area contributed by atoms with Crippen LogP contribution in [0.1, 0.15) is 18.4 Å². The van der Waals surface area contributed by atoms with Gasteiger partial charge in [-0.1, -0.05) is 30.3 Å². The molecule has 114 valence electrons. The van der Waals surface area contributed by atoms with E-state index in [9.17, 15) is 9.59 Å². The van der Waals surface area contributed by atoms with E-state index in [0.717, 1.165) is 25.0 Å². The van der Waals surface area contributed by atoms with E-state index >= 15 is 0 Å². The maximum Gasteiger partial charge on any atom is 0.318 e. The van der Waals surface area contributed by atoms with E-state index in [1.807, 2.05) is 35.2 Å². The van der Waals surface area contributed by atoms with Gasteiger partial charge in [0.2, 0.25) is 5.91 Å². The number of rotatable bonds is 6. The lowest BCUT2D eigenvalue weighted by Crippen LogP contribution is -2.44. The molecule has 21 heavy (non-hydrogen) atoms. The first kappa shape index (κ1) is 15.5. The molecule has 1 aromatic rings. The Morgan fingerprint density at radius 3 is 2.71 bits per heavy atom. The first-order chi connectivity index (χ1) is 10.1. The zero-order valence-corrected chi connectivity index (χ0v) is 12.0. The van der Waals surface area contributed by atoms with Gasteiger partial charge in [-0.3, -0.25) is 15.0 Å². The Bertz CT molecular complexity index is 472. The number of nitrogens with zero attached hydrogens (tertiary/aromatic N) is 1. The summed E-state index contributed by atoms with van der Waals surface area (Å²) in [6.45, 7) is 2.20. The molecule has 2 rings (SSSR count). The van der Waals surface area contributed by atoms with Gasteiger partial charge in [-0.2, -0.15) is 0 Å². The van der Waals surface area contributed by atoms with E-state index < -0.39 is 11.9 Å².